The molecule has 0 bridgehead atoms. The maximum atomic E-state index is 5.60. The molecule has 1 fully saturated rings. The van der Waals surface area contributed by atoms with Gasteiger partial charge in [-0.15, -0.1) is 0 Å². The maximum Gasteiger partial charge on any atom is 0.132 e. The number of nitrogens with two attached hydrogens (primary N) is 1. The van der Waals surface area contributed by atoms with E-state index in [1.165, 1.54) is 18.4 Å². The minimum atomic E-state index is 0.604. The number of rotatable bonds is 3. The van der Waals surface area contributed by atoms with E-state index in [2.05, 4.69) is 9.97 Å². The van der Waals surface area contributed by atoms with Gasteiger partial charge in [-0.1, -0.05) is 0 Å². The van der Waals surface area contributed by atoms with Crippen LogP contribution in [0.4, 0.5) is 0 Å². The Labute approximate surface area is 88.9 Å². The van der Waals surface area contributed by atoms with Crippen LogP contribution >= 0.6 is 0 Å². The third-order valence-electron chi connectivity index (χ3n) is 3.00. The van der Waals surface area contributed by atoms with Gasteiger partial charge >= 0.3 is 0 Å². The van der Waals surface area contributed by atoms with Gasteiger partial charge in [0.05, 0.1) is 24.6 Å². The predicted molar refractivity (Wildman–Crippen MR) is 55.3 cm³/mol. The Morgan fingerprint density at radius 1 is 1.27 bits per heavy atom. The summed E-state index contributed by atoms with van der Waals surface area (Å²) in [4.78, 5) is 9.21. The molecule has 3 rings (SSSR count). The van der Waals surface area contributed by atoms with Crippen LogP contribution in [0.2, 0.25) is 0 Å². The number of ether oxygens (including phenoxy) is 1. The lowest BCUT2D eigenvalue weighted by Gasteiger charge is -2.07. The van der Waals surface area contributed by atoms with Crippen molar-refractivity contribution < 1.29 is 4.74 Å². The summed E-state index contributed by atoms with van der Waals surface area (Å²) in [5, 5.41) is 0. The Balaban J connectivity index is 2.02. The van der Waals surface area contributed by atoms with Crippen molar-refractivity contribution >= 4 is 0 Å². The molecule has 2 N–H and O–H groups in total. The molecule has 0 spiro atoms. The quantitative estimate of drug-likeness (QED) is 0.796. The number of nitrogens with zero attached hydrogens (tertiary/aromatic N) is 2. The van der Waals surface area contributed by atoms with E-state index < -0.39 is 0 Å². The second-order valence-corrected chi connectivity index (χ2v) is 4.26. The average molecular weight is 205 g/mol. The van der Waals surface area contributed by atoms with Crippen molar-refractivity contribution in [3.63, 3.8) is 0 Å². The monoisotopic (exact) mass is 205 g/mol. The van der Waals surface area contributed by atoms with Crippen LogP contribution in [0.3, 0.4) is 0 Å². The van der Waals surface area contributed by atoms with E-state index in [1.54, 1.807) is 0 Å². The highest BCUT2D eigenvalue weighted by atomic mass is 16.5. The van der Waals surface area contributed by atoms with E-state index in [0.29, 0.717) is 25.7 Å². The Morgan fingerprint density at radius 3 is 2.87 bits per heavy atom. The zero-order valence-corrected chi connectivity index (χ0v) is 8.70. The summed E-state index contributed by atoms with van der Waals surface area (Å²) in [6, 6.07) is 0. The molecule has 80 valence electrons. The SMILES string of the molecule is NCCc1nc(C2CC2)nc2c1COC2. The lowest BCUT2D eigenvalue weighted by atomic mass is 10.1. The molecule has 0 amide bonds. The highest BCUT2D eigenvalue weighted by molar-refractivity contribution is 5.29. The van der Waals surface area contributed by atoms with Crippen LogP contribution in [-0.4, -0.2) is 16.5 Å². The van der Waals surface area contributed by atoms with Crippen LogP contribution in [-0.2, 0) is 24.4 Å². The fraction of sp³-hybridized carbons (Fsp3) is 0.636. The molecule has 1 aromatic heterocycles. The first-order valence-electron chi connectivity index (χ1n) is 5.55. The summed E-state index contributed by atoms with van der Waals surface area (Å²) in [6.45, 7) is 1.96. The summed E-state index contributed by atoms with van der Waals surface area (Å²) in [7, 11) is 0. The number of hydrogen-bond donors (Lipinski definition) is 1. The summed E-state index contributed by atoms with van der Waals surface area (Å²) >= 11 is 0. The minimum absolute atomic E-state index is 0.604. The van der Waals surface area contributed by atoms with Crippen molar-refractivity contribution in [1.29, 1.82) is 0 Å². The Bertz CT molecular complexity index is 388. The van der Waals surface area contributed by atoms with Gasteiger partial charge in [0.15, 0.2) is 0 Å². The van der Waals surface area contributed by atoms with Crippen LogP contribution in [0.25, 0.3) is 0 Å². The van der Waals surface area contributed by atoms with E-state index in [4.69, 9.17) is 10.5 Å². The van der Waals surface area contributed by atoms with Gasteiger partial charge in [0.25, 0.3) is 0 Å². The second-order valence-electron chi connectivity index (χ2n) is 4.26. The smallest absolute Gasteiger partial charge is 0.132 e. The van der Waals surface area contributed by atoms with Crippen molar-refractivity contribution in [2.45, 2.75) is 38.4 Å². The number of aromatic nitrogens is 2. The van der Waals surface area contributed by atoms with Crippen LogP contribution in [0.1, 0.15) is 41.5 Å². The first-order valence-corrected chi connectivity index (χ1v) is 5.55. The Hall–Kier alpha value is -1.00. The van der Waals surface area contributed by atoms with Gasteiger partial charge < -0.3 is 10.5 Å². The van der Waals surface area contributed by atoms with Gasteiger partial charge in [-0.05, 0) is 19.4 Å². The van der Waals surface area contributed by atoms with Crippen LogP contribution in [0.15, 0.2) is 0 Å². The Morgan fingerprint density at radius 2 is 2.13 bits per heavy atom. The van der Waals surface area contributed by atoms with Crippen LogP contribution < -0.4 is 5.73 Å². The zero-order valence-electron chi connectivity index (χ0n) is 8.70. The van der Waals surface area contributed by atoms with E-state index in [0.717, 1.165) is 23.6 Å². The fourth-order valence-corrected chi connectivity index (χ4v) is 2.01. The highest BCUT2D eigenvalue weighted by Gasteiger charge is 2.29. The zero-order chi connectivity index (χ0) is 10.3. The molecular weight excluding hydrogens is 190 g/mol. The van der Waals surface area contributed by atoms with Gasteiger partial charge in [0.1, 0.15) is 5.82 Å². The van der Waals surface area contributed by atoms with Gasteiger partial charge in [-0.2, -0.15) is 0 Å². The summed E-state index contributed by atoms with van der Waals surface area (Å²) in [5.41, 5.74) is 8.99. The van der Waals surface area contributed by atoms with Gasteiger partial charge in [-0.3, -0.25) is 0 Å². The molecule has 15 heavy (non-hydrogen) atoms. The summed E-state index contributed by atoms with van der Waals surface area (Å²) in [5.74, 6) is 1.62. The first-order chi connectivity index (χ1) is 7.38. The second kappa shape index (κ2) is 3.54. The highest BCUT2D eigenvalue weighted by Crippen LogP contribution is 2.39. The van der Waals surface area contributed by atoms with Crippen molar-refractivity contribution in [2.75, 3.05) is 6.54 Å². The first kappa shape index (κ1) is 9.24. The van der Waals surface area contributed by atoms with Crippen molar-refractivity contribution in [2.24, 2.45) is 5.73 Å². The molecule has 1 aliphatic carbocycles. The molecular formula is C11H15N3O. The van der Waals surface area contributed by atoms with E-state index in [-0.39, 0.29) is 0 Å². The lowest BCUT2D eigenvalue weighted by molar-refractivity contribution is 0.133. The molecule has 1 aromatic rings. The fourth-order valence-electron chi connectivity index (χ4n) is 2.01. The predicted octanol–water partition coefficient (Wildman–Crippen LogP) is 0.885. The number of fused-ring (bicyclic) bond motifs is 1. The molecule has 0 saturated heterocycles. The maximum absolute atomic E-state index is 5.60. The normalized spacial score (nSPS) is 19.3. The summed E-state index contributed by atoms with van der Waals surface area (Å²) < 4.78 is 5.41. The largest absolute Gasteiger partial charge is 0.370 e. The van der Waals surface area contributed by atoms with Crippen molar-refractivity contribution in [3.8, 4) is 0 Å². The van der Waals surface area contributed by atoms with E-state index >= 15 is 0 Å². The topological polar surface area (TPSA) is 61.0 Å². The van der Waals surface area contributed by atoms with E-state index in [9.17, 15) is 0 Å². The average Bonchev–Trinajstić information content (AvgIpc) is 2.98. The molecule has 4 nitrogen and oxygen atoms in total. The molecule has 2 aliphatic rings. The molecule has 0 atom stereocenters. The van der Waals surface area contributed by atoms with Crippen LogP contribution in [0.5, 0.6) is 0 Å². The third-order valence-corrected chi connectivity index (χ3v) is 3.00. The standard InChI is InChI=1S/C11H15N3O/c12-4-3-9-8-5-15-6-10(8)14-11(13-9)7-1-2-7/h7H,1-6,12H2. The minimum Gasteiger partial charge on any atom is -0.370 e. The summed E-state index contributed by atoms with van der Waals surface area (Å²) in [6.07, 6.45) is 3.32. The third kappa shape index (κ3) is 1.64. The van der Waals surface area contributed by atoms with Gasteiger partial charge in [-0.25, -0.2) is 9.97 Å². The van der Waals surface area contributed by atoms with E-state index in [1.807, 2.05) is 0 Å². The molecule has 0 radical (unpaired) electrons. The molecule has 0 unspecified atom stereocenters. The van der Waals surface area contributed by atoms with Crippen molar-refractivity contribution in [1.82, 2.24) is 9.97 Å². The van der Waals surface area contributed by atoms with Crippen LogP contribution in [0, 0.1) is 0 Å². The van der Waals surface area contributed by atoms with Gasteiger partial charge in [0.2, 0.25) is 0 Å². The molecule has 4 heteroatoms. The van der Waals surface area contributed by atoms with Crippen molar-refractivity contribution in [3.05, 3.63) is 22.8 Å². The molecule has 2 heterocycles. The number of hydrogen-bond acceptors (Lipinski definition) is 4. The van der Waals surface area contributed by atoms with Gasteiger partial charge in [0, 0.05) is 17.9 Å². The Kier molecular flexibility index (Phi) is 2.18. The molecule has 1 aliphatic heterocycles. The molecule has 1 saturated carbocycles. The molecule has 0 aromatic carbocycles. The lowest BCUT2D eigenvalue weighted by Crippen LogP contribution is -2.10.